The molecule has 0 saturated heterocycles. The van der Waals surface area contributed by atoms with E-state index in [1.54, 1.807) is 14.2 Å². The Bertz CT molecular complexity index is 642. The topological polar surface area (TPSA) is 30.5 Å². The highest BCUT2D eigenvalue weighted by atomic mass is 35.5. The monoisotopic (exact) mass is 339 g/mol. The second-order valence-electron chi connectivity index (χ2n) is 5.36. The van der Waals surface area contributed by atoms with Gasteiger partial charge in [-0.05, 0) is 55.3 Å². The van der Waals surface area contributed by atoms with Gasteiger partial charge < -0.3 is 14.8 Å². The molecule has 1 atom stereocenters. The van der Waals surface area contributed by atoms with Gasteiger partial charge in [0.25, 0.3) is 0 Å². The maximum absolute atomic E-state index is 5.49. The van der Waals surface area contributed by atoms with E-state index in [9.17, 15) is 0 Å². The maximum Gasteiger partial charge on any atom is 0.161 e. The third-order valence-electron chi connectivity index (χ3n) is 4.04. The van der Waals surface area contributed by atoms with Gasteiger partial charge in [-0.1, -0.05) is 0 Å². The van der Waals surface area contributed by atoms with Crippen LogP contribution < -0.4 is 14.8 Å². The lowest BCUT2D eigenvalue weighted by Gasteiger charge is -2.19. The number of rotatable bonds is 3. The summed E-state index contributed by atoms with van der Waals surface area (Å²) in [5.74, 6) is 2.02. The zero-order chi connectivity index (χ0) is 14.8. The Morgan fingerprint density at radius 3 is 2.50 bits per heavy atom. The van der Waals surface area contributed by atoms with E-state index in [1.165, 1.54) is 20.9 Å². The molecule has 1 unspecified atom stereocenters. The second kappa shape index (κ2) is 7.36. The average molecular weight is 340 g/mol. The van der Waals surface area contributed by atoms with Crippen molar-refractivity contribution in [3.8, 4) is 11.5 Å². The molecule has 0 saturated carbocycles. The second-order valence-corrected chi connectivity index (χ2v) is 6.68. The molecule has 0 aliphatic carbocycles. The number of thiophene rings is 1. The summed E-state index contributed by atoms with van der Waals surface area (Å²) >= 11 is 1.88. The van der Waals surface area contributed by atoms with Crippen LogP contribution in [0.5, 0.6) is 11.5 Å². The van der Waals surface area contributed by atoms with E-state index >= 15 is 0 Å². The molecule has 22 heavy (non-hydrogen) atoms. The fourth-order valence-electron chi connectivity index (χ4n) is 2.95. The highest BCUT2D eigenvalue weighted by molar-refractivity contribution is 7.12. The molecular weight excluding hydrogens is 318 g/mol. The Hall–Kier alpha value is -1.23. The van der Waals surface area contributed by atoms with E-state index in [0.717, 1.165) is 31.0 Å². The summed E-state index contributed by atoms with van der Waals surface area (Å²) in [6.45, 7) is 4.14. The molecular formula is C17H22ClNO2S. The summed E-state index contributed by atoms with van der Waals surface area (Å²) in [7, 11) is 3.39. The van der Waals surface area contributed by atoms with Crippen molar-refractivity contribution in [3.05, 3.63) is 45.1 Å². The predicted octanol–water partition coefficient (Wildman–Crippen LogP) is 3.77. The molecule has 1 aliphatic heterocycles. The van der Waals surface area contributed by atoms with Crippen molar-refractivity contribution in [3.63, 3.8) is 0 Å². The number of hydrogen-bond donors (Lipinski definition) is 1. The van der Waals surface area contributed by atoms with E-state index in [0.29, 0.717) is 5.92 Å². The van der Waals surface area contributed by atoms with Crippen LogP contribution in [0, 0.1) is 6.92 Å². The highest BCUT2D eigenvalue weighted by Crippen LogP contribution is 2.39. The third-order valence-corrected chi connectivity index (χ3v) is 5.16. The number of fused-ring (bicyclic) bond motifs is 1. The number of hydrogen-bond acceptors (Lipinski definition) is 4. The molecule has 0 bridgehead atoms. The van der Waals surface area contributed by atoms with Gasteiger partial charge in [0.05, 0.1) is 14.2 Å². The Morgan fingerprint density at radius 2 is 1.86 bits per heavy atom. The zero-order valence-electron chi connectivity index (χ0n) is 13.1. The number of nitrogens with one attached hydrogen (secondary N) is 1. The van der Waals surface area contributed by atoms with Gasteiger partial charge in [-0.25, -0.2) is 0 Å². The van der Waals surface area contributed by atoms with Gasteiger partial charge in [-0.2, -0.15) is 0 Å². The van der Waals surface area contributed by atoms with Gasteiger partial charge in [-0.3, -0.25) is 0 Å². The lowest BCUT2D eigenvalue weighted by Crippen LogP contribution is -2.20. The largest absolute Gasteiger partial charge is 0.493 e. The van der Waals surface area contributed by atoms with Gasteiger partial charge in [0.1, 0.15) is 0 Å². The molecule has 1 aromatic carbocycles. The Labute approximate surface area is 142 Å². The molecule has 0 radical (unpaired) electrons. The van der Waals surface area contributed by atoms with Crippen molar-refractivity contribution >= 4 is 23.7 Å². The van der Waals surface area contributed by atoms with Crippen molar-refractivity contribution in [2.24, 2.45) is 0 Å². The SMILES string of the molecule is COc1cc2c(cc1OC)C(c1ccc(C)s1)CNCC2.Cl. The Morgan fingerprint density at radius 1 is 1.14 bits per heavy atom. The first-order valence-electron chi connectivity index (χ1n) is 7.24. The molecule has 2 aromatic rings. The van der Waals surface area contributed by atoms with Crippen molar-refractivity contribution in [1.29, 1.82) is 0 Å². The van der Waals surface area contributed by atoms with Crippen LogP contribution in [0.2, 0.25) is 0 Å². The first-order valence-corrected chi connectivity index (χ1v) is 8.06. The average Bonchev–Trinajstić information content (AvgIpc) is 2.82. The van der Waals surface area contributed by atoms with Crippen molar-refractivity contribution in [1.82, 2.24) is 5.32 Å². The van der Waals surface area contributed by atoms with Crippen LogP contribution in [0.1, 0.15) is 26.8 Å². The molecule has 3 nitrogen and oxygen atoms in total. The number of methoxy groups -OCH3 is 2. The minimum Gasteiger partial charge on any atom is -0.493 e. The molecule has 5 heteroatoms. The van der Waals surface area contributed by atoms with E-state index in [4.69, 9.17) is 9.47 Å². The number of ether oxygens (including phenoxy) is 2. The maximum atomic E-state index is 5.49. The van der Waals surface area contributed by atoms with E-state index in [1.807, 2.05) is 11.3 Å². The van der Waals surface area contributed by atoms with Gasteiger partial charge in [-0.15, -0.1) is 23.7 Å². The molecule has 1 N–H and O–H groups in total. The van der Waals surface area contributed by atoms with Crippen molar-refractivity contribution in [2.75, 3.05) is 27.3 Å². The van der Waals surface area contributed by atoms with Gasteiger partial charge >= 0.3 is 0 Å². The normalized spacial score (nSPS) is 17.1. The number of benzene rings is 1. The van der Waals surface area contributed by atoms with Gasteiger partial charge in [0.15, 0.2) is 11.5 Å². The van der Waals surface area contributed by atoms with Crippen LogP contribution in [0.4, 0.5) is 0 Å². The summed E-state index contributed by atoms with van der Waals surface area (Å²) < 4.78 is 10.9. The fourth-order valence-corrected chi connectivity index (χ4v) is 3.95. The van der Waals surface area contributed by atoms with E-state index in [2.05, 4.69) is 36.5 Å². The first-order chi connectivity index (χ1) is 10.2. The summed E-state index contributed by atoms with van der Waals surface area (Å²) in [4.78, 5) is 2.77. The van der Waals surface area contributed by atoms with E-state index < -0.39 is 0 Å². The number of aryl methyl sites for hydroxylation is 1. The molecule has 0 spiro atoms. The molecule has 2 heterocycles. The minimum absolute atomic E-state index is 0. The molecule has 1 aromatic heterocycles. The van der Waals surface area contributed by atoms with Crippen molar-refractivity contribution < 1.29 is 9.47 Å². The van der Waals surface area contributed by atoms with Crippen LogP contribution in [0.15, 0.2) is 24.3 Å². The third kappa shape index (κ3) is 3.24. The first kappa shape index (κ1) is 17.1. The van der Waals surface area contributed by atoms with Crippen LogP contribution >= 0.6 is 23.7 Å². The van der Waals surface area contributed by atoms with E-state index in [-0.39, 0.29) is 12.4 Å². The van der Waals surface area contributed by atoms with Crippen LogP contribution in [-0.4, -0.2) is 27.3 Å². The minimum atomic E-state index is 0. The fraction of sp³-hybridized carbons (Fsp3) is 0.412. The standard InChI is InChI=1S/C17H21NO2S.ClH/c1-11-4-5-17(21-11)14-10-18-7-6-12-8-15(19-2)16(20-3)9-13(12)14;/h4-5,8-9,14,18H,6-7,10H2,1-3H3;1H. The lowest BCUT2D eigenvalue weighted by molar-refractivity contribution is 0.354. The van der Waals surface area contributed by atoms with Crippen LogP contribution in [0.25, 0.3) is 0 Å². The molecule has 0 fully saturated rings. The zero-order valence-corrected chi connectivity index (χ0v) is 14.8. The number of halogens is 1. The Kier molecular flexibility index (Phi) is 5.73. The highest BCUT2D eigenvalue weighted by Gasteiger charge is 2.23. The quantitative estimate of drug-likeness (QED) is 0.923. The molecule has 1 aliphatic rings. The lowest BCUT2D eigenvalue weighted by atomic mass is 9.92. The van der Waals surface area contributed by atoms with Gasteiger partial charge in [0.2, 0.25) is 0 Å². The van der Waals surface area contributed by atoms with Crippen LogP contribution in [0.3, 0.4) is 0 Å². The molecule has 120 valence electrons. The Balaban J connectivity index is 0.00000176. The summed E-state index contributed by atoms with van der Waals surface area (Å²) in [6.07, 6.45) is 1.02. The molecule has 0 amide bonds. The summed E-state index contributed by atoms with van der Waals surface area (Å²) in [5, 5.41) is 3.55. The predicted molar refractivity (Wildman–Crippen MR) is 94.3 cm³/mol. The smallest absolute Gasteiger partial charge is 0.161 e. The van der Waals surface area contributed by atoms with Gasteiger partial charge in [0, 0.05) is 22.2 Å². The molecule has 3 rings (SSSR count). The summed E-state index contributed by atoms with van der Waals surface area (Å²) in [6, 6.07) is 8.74. The summed E-state index contributed by atoms with van der Waals surface area (Å²) in [5.41, 5.74) is 2.72. The van der Waals surface area contributed by atoms with Crippen LogP contribution in [-0.2, 0) is 6.42 Å². The van der Waals surface area contributed by atoms with Crippen molar-refractivity contribution in [2.45, 2.75) is 19.3 Å².